The van der Waals surface area contributed by atoms with Crippen molar-refractivity contribution < 1.29 is 9.18 Å². The first-order chi connectivity index (χ1) is 7.18. The summed E-state index contributed by atoms with van der Waals surface area (Å²) in [6.45, 7) is 0. The number of hydrogen-bond acceptors (Lipinski definition) is 2. The Morgan fingerprint density at radius 2 is 2.33 bits per heavy atom. The minimum atomic E-state index is -0.405. The van der Waals surface area contributed by atoms with Gasteiger partial charge in [-0.15, -0.1) is 0 Å². The fourth-order valence-corrected chi connectivity index (χ4v) is 3.13. The Morgan fingerprint density at radius 1 is 1.53 bits per heavy atom. The molecule has 1 aliphatic heterocycles. The number of benzene rings is 1. The largest absolute Gasteiger partial charge is 0.294 e. The van der Waals surface area contributed by atoms with E-state index in [-0.39, 0.29) is 16.7 Å². The van der Waals surface area contributed by atoms with Gasteiger partial charge >= 0.3 is 0 Å². The van der Waals surface area contributed by atoms with Crippen LogP contribution in [0.1, 0.15) is 16.8 Å². The lowest BCUT2D eigenvalue weighted by molar-refractivity contribution is 0.0934. The quantitative estimate of drug-likeness (QED) is 0.742. The predicted molar refractivity (Wildman–Crippen MR) is 61.2 cm³/mol. The fraction of sp³-hybridized carbons (Fsp3) is 0.364. The first-order valence-electron chi connectivity index (χ1n) is 4.75. The monoisotopic (exact) mass is 244 g/mol. The summed E-state index contributed by atoms with van der Waals surface area (Å²) in [5.74, 6) is 1.57. The van der Waals surface area contributed by atoms with Gasteiger partial charge in [-0.2, -0.15) is 11.8 Å². The van der Waals surface area contributed by atoms with Crippen LogP contribution < -0.4 is 0 Å². The molecule has 1 fully saturated rings. The summed E-state index contributed by atoms with van der Waals surface area (Å²) in [6, 6.07) is 3.95. The molecule has 1 aromatic carbocycles. The van der Waals surface area contributed by atoms with Crippen LogP contribution in [0.5, 0.6) is 0 Å². The van der Waals surface area contributed by atoms with Crippen LogP contribution in [0.3, 0.4) is 0 Å². The van der Waals surface area contributed by atoms with E-state index >= 15 is 0 Å². The molecule has 1 atom stereocenters. The molecule has 0 amide bonds. The molecule has 2 rings (SSSR count). The molecule has 0 saturated carbocycles. The first-order valence-corrected chi connectivity index (χ1v) is 6.29. The highest BCUT2D eigenvalue weighted by molar-refractivity contribution is 7.99. The second kappa shape index (κ2) is 4.54. The van der Waals surface area contributed by atoms with Crippen molar-refractivity contribution in [1.29, 1.82) is 0 Å². The highest BCUT2D eigenvalue weighted by Crippen LogP contribution is 2.29. The van der Waals surface area contributed by atoms with E-state index < -0.39 is 5.82 Å². The Balaban J connectivity index is 2.24. The lowest BCUT2D eigenvalue weighted by Gasteiger charge is -2.08. The second-order valence-electron chi connectivity index (χ2n) is 3.55. The zero-order chi connectivity index (χ0) is 10.8. The van der Waals surface area contributed by atoms with Gasteiger partial charge in [0.05, 0.1) is 5.02 Å². The smallest absolute Gasteiger partial charge is 0.168 e. The number of Topliss-reactive ketones (excluding diaryl/α,β-unsaturated/α-hetero) is 1. The molecule has 0 spiro atoms. The Labute approximate surface area is 97.0 Å². The van der Waals surface area contributed by atoms with E-state index in [9.17, 15) is 9.18 Å². The first kappa shape index (κ1) is 11.0. The van der Waals surface area contributed by atoms with Crippen molar-refractivity contribution >= 4 is 29.1 Å². The molecule has 0 N–H and O–H groups in total. The van der Waals surface area contributed by atoms with E-state index in [1.807, 2.05) is 0 Å². The third kappa shape index (κ3) is 2.34. The van der Waals surface area contributed by atoms with Crippen LogP contribution in [0, 0.1) is 11.7 Å². The van der Waals surface area contributed by atoms with Crippen molar-refractivity contribution in [3.8, 4) is 0 Å². The summed E-state index contributed by atoms with van der Waals surface area (Å²) in [5.41, 5.74) is 0.450. The van der Waals surface area contributed by atoms with Crippen LogP contribution in [-0.4, -0.2) is 17.3 Å². The molecule has 0 aliphatic carbocycles. The van der Waals surface area contributed by atoms with Gasteiger partial charge in [-0.05, 0) is 30.4 Å². The minimum Gasteiger partial charge on any atom is -0.294 e. The topological polar surface area (TPSA) is 17.1 Å². The maximum Gasteiger partial charge on any atom is 0.168 e. The summed E-state index contributed by atoms with van der Waals surface area (Å²) in [5, 5.41) is 0.219. The van der Waals surface area contributed by atoms with E-state index in [1.54, 1.807) is 11.8 Å². The van der Waals surface area contributed by atoms with Crippen LogP contribution in [0.25, 0.3) is 0 Å². The Morgan fingerprint density at radius 3 is 2.93 bits per heavy atom. The van der Waals surface area contributed by atoms with Crippen LogP contribution in [0.2, 0.25) is 5.02 Å². The molecule has 80 valence electrons. The standard InChI is InChI=1S/C11H10ClFOS/c12-10-5-8(13)1-2-9(10)11(14)7-3-4-15-6-7/h1-2,5,7H,3-4,6H2. The van der Waals surface area contributed by atoms with Crippen molar-refractivity contribution in [2.45, 2.75) is 6.42 Å². The van der Waals surface area contributed by atoms with Crippen molar-refractivity contribution in [1.82, 2.24) is 0 Å². The molecule has 0 bridgehead atoms. The molecule has 1 saturated heterocycles. The number of carbonyl (C=O) groups is 1. The van der Waals surface area contributed by atoms with Gasteiger partial charge < -0.3 is 0 Å². The van der Waals surface area contributed by atoms with E-state index in [0.717, 1.165) is 17.9 Å². The van der Waals surface area contributed by atoms with Gasteiger partial charge in [0, 0.05) is 17.2 Å². The van der Waals surface area contributed by atoms with E-state index in [1.165, 1.54) is 18.2 Å². The van der Waals surface area contributed by atoms with Gasteiger partial charge in [0.1, 0.15) is 5.82 Å². The number of carbonyl (C=O) groups excluding carboxylic acids is 1. The predicted octanol–water partition coefficient (Wildman–Crippen LogP) is 3.41. The normalized spacial score (nSPS) is 20.5. The summed E-state index contributed by atoms with van der Waals surface area (Å²) in [7, 11) is 0. The van der Waals surface area contributed by atoms with Gasteiger partial charge in [-0.3, -0.25) is 4.79 Å². The average molecular weight is 245 g/mol. The number of thioether (sulfide) groups is 1. The third-order valence-corrected chi connectivity index (χ3v) is 3.97. The van der Waals surface area contributed by atoms with Crippen molar-refractivity contribution in [3.05, 3.63) is 34.6 Å². The number of halogens is 2. The molecule has 0 aromatic heterocycles. The molecular weight excluding hydrogens is 235 g/mol. The van der Waals surface area contributed by atoms with Crippen LogP contribution in [-0.2, 0) is 0 Å². The van der Waals surface area contributed by atoms with E-state index in [4.69, 9.17) is 11.6 Å². The Hall–Kier alpha value is -0.540. The molecule has 1 nitrogen and oxygen atoms in total. The summed E-state index contributed by atoms with van der Waals surface area (Å²) in [6.07, 6.45) is 0.900. The minimum absolute atomic E-state index is 0.0463. The SMILES string of the molecule is O=C(c1ccc(F)cc1Cl)C1CCSC1. The van der Waals surface area contributed by atoms with Crippen molar-refractivity contribution in [3.63, 3.8) is 0 Å². The Kier molecular flexibility index (Phi) is 3.32. The van der Waals surface area contributed by atoms with Gasteiger partial charge in [-0.25, -0.2) is 4.39 Å². The van der Waals surface area contributed by atoms with Crippen LogP contribution >= 0.6 is 23.4 Å². The second-order valence-corrected chi connectivity index (χ2v) is 5.11. The lowest BCUT2D eigenvalue weighted by Crippen LogP contribution is -2.14. The molecule has 1 aliphatic rings. The molecule has 4 heteroatoms. The summed E-state index contributed by atoms with van der Waals surface area (Å²) < 4.78 is 12.8. The van der Waals surface area contributed by atoms with Gasteiger partial charge in [0.2, 0.25) is 0 Å². The highest BCUT2D eigenvalue weighted by Gasteiger charge is 2.25. The summed E-state index contributed by atoms with van der Waals surface area (Å²) >= 11 is 7.61. The van der Waals surface area contributed by atoms with E-state index in [0.29, 0.717) is 5.56 Å². The number of hydrogen-bond donors (Lipinski definition) is 0. The third-order valence-electron chi connectivity index (χ3n) is 2.50. The molecule has 15 heavy (non-hydrogen) atoms. The Bertz CT molecular complexity index is 388. The number of ketones is 1. The highest BCUT2D eigenvalue weighted by atomic mass is 35.5. The van der Waals surface area contributed by atoms with E-state index in [2.05, 4.69) is 0 Å². The van der Waals surface area contributed by atoms with Crippen LogP contribution in [0.4, 0.5) is 4.39 Å². The zero-order valence-electron chi connectivity index (χ0n) is 8.00. The lowest BCUT2D eigenvalue weighted by atomic mass is 9.97. The molecule has 1 aromatic rings. The molecule has 0 radical (unpaired) electrons. The summed E-state index contributed by atoms with van der Waals surface area (Å²) in [4.78, 5) is 12.0. The van der Waals surface area contributed by atoms with Gasteiger partial charge in [-0.1, -0.05) is 11.6 Å². The maximum absolute atomic E-state index is 12.8. The van der Waals surface area contributed by atoms with Crippen molar-refractivity contribution in [2.75, 3.05) is 11.5 Å². The zero-order valence-corrected chi connectivity index (χ0v) is 9.58. The molecular formula is C11H10ClFOS. The average Bonchev–Trinajstić information content (AvgIpc) is 2.69. The fourth-order valence-electron chi connectivity index (χ4n) is 1.65. The van der Waals surface area contributed by atoms with Gasteiger partial charge in [0.15, 0.2) is 5.78 Å². The van der Waals surface area contributed by atoms with Crippen LogP contribution in [0.15, 0.2) is 18.2 Å². The van der Waals surface area contributed by atoms with Gasteiger partial charge in [0.25, 0.3) is 0 Å². The number of rotatable bonds is 2. The molecule has 1 heterocycles. The maximum atomic E-state index is 12.8. The van der Waals surface area contributed by atoms with Crippen molar-refractivity contribution in [2.24, 2.45) is 5.92 Å². The molecule has 1 unspecified atom stereocenters.